The summed E-state index contributed by atoms with van der Waals surface area (Å²) < 4.78 is 3.74. The molecule has 0 radical (unpaired) electrons. The fourth-order valence-electron chi connectivity index (χ4n) is 3.99. The largest absolute Gasteiger partial charge is 0.353 e. The number of hydrogen-bond donors (Lipinski definition) is 1. The van der Waals surface area contributed by atoms with Gasteiger partial charge in [0.2, 0.25) is 5.91 Å². The number of anilines is 1. The summed E-state index contributed by atoms with van der Waals surface area (Å²) in [5, 5.41) is 16.7. The van der Waals surface area contributed by atoms with Gasteiger partial charge >= 0.3 is 0 Å². The topological polar surface area (TPSA) is 80.4 Å². The van der Waals surface area contributed by atoms with Crippen LogP contribution in [-0.2, 0) is 18.3 Å². The van der Waals surface area contributed by atoms with Crippen LogP contribution in [0.25, 0.3) is 16.6 Å². The van der Waals surface area contributed by atoms with Crippen molar-refractivity contribution in [3.63, 3.8) is 0 Å². The van der Waals surface area contributed by atoms with E-state index in [4.69, 9.17) is 0 Å². The summed E-state index contributed by atoms with van der Waals surface area (Å²) in [6.07, 6.45) is 4.94. The Morgan fingerprint density at radius 3 is 3.07 bits per heavy atom. The maximum absolute atomic E-state index is 12.6. The van der Waals surface area contributed by atoms with Crippen molar-refractivity contribution in [3.8, 4) is 0 Å². The first-order valence-corrected chi connectivity index (χ1v) is 9.42. The number of fused-ring (bicyclic) bond motifs is 2. The summed E-state index contributed by atoms with van der Waals surface area (Å²) in [7, 11) is 2.01. The Bertz CT molecular complexity index is 1160. The number of aromatic nitrogens is 5. The lowest BCUT2D eigenvalue weighted by molar-refractivity contribution is -0.121. The Morgan fingerprint density at radius 2 is 2.14 bits per heavy atom. The van der Waals surface area contributed by atoms with E-state index in [0.717, 1.165) is 47.4 Å². The summed E-state index contributed by atoms with van der Waals surface area (Å²) in [5.74, 6) is 0.934. The van der Waals surface area contributed by atoms with E-state index in [1.807, 2.05) is 37.5 Å². The number of aryl methyl sites for hydroxylation is 1. The minimum absolute atomic E-state index is 0.0606. The van der Waals surface area contributed by atoms with Gasteiger partial charge in [-0.1, -0.05) is 18.2 Å². The molecule has 1 fully saturated rings. The van der Waals surface area contributed by atoms with Crippen LogP contribution in [0.1, 0.15) is 12.0 Å². The summed E-state index contributed by atoms with van der Waals surface area (Å²) >= 11 is 0. The van der Waals surface area contributed by atoms with E-state index in [0.29, 0.717) is 6.42 Å². The van der Waals surface area contributed by atoms with E-state index in [2.05, 4.69) is 42.2 Å². The molecule has 1 aliphatic rings. The van der Waals surface area contributed by atoms with Gasteiger partial charge in [-0.05, 0) is 30.2 Å². The van der Waals surface area contributed by atoms with Gasteiger partial charge in [0.1, 0.15) is 12.1 Å². The summed E-state index contributed by atoms with van der Waals surface area (Å²) in [6, 6.07) is 12.2. The molecular weight excluding hydrogens is 354 g/mol. The average Bonchev–Trinajstić information content (AvgIpc) is 3.41. The molecule has 0 unspecified atom stereocenters. The lowest BCUT2D eigenvalue weighted by atomic mass is 10.1. The first-order valence-electron chi connectivity index (χ1n) is 9.42. The smallest absolute Gasteiger partial charge is 0.224 e. The highest BCUT2D eigenvalue weighted by atomic mass is 16.1. The van der Waals surface area contributed by atoms with Gasteiger partial charge in [-0.3, -0.25) is 4.79 Å². The molecule has 3 aromatic heterocycles. The third-order valence-corrected chi connectivity index (χ3v) is 5.36. The maximum Gasteiger partial charge on any atom is 0.224 e. The molecule has 4 heterocycles. The number of rotatable bonds is 4. The molecule has 28 heavy (non-hydrogen) atoms. The molecule has 1 aliphatic heterocycles. The summed E-state index contributed by atoms with van der Waals surface area (Å²) in [5.41, 5.74) is 2.93. The van der Waals surface area contributed by atoms with E-state index in [1.54, 1.807) is 10.8 Å². The molecule has 8 nitrogen and oxygen atoms in total. The van der Waals surface area contributed by atoms with Crippen molar-refractivity contribution in [2.24, 2.45) is 7.05 Å². The fraction of sp³-hybridized carbons (Fsp3) is 0.300. The molecule has 1 saturated heterocycles. The second kappa shape index (κ2) is 6.63. The van der Waals surface area contributed by atoms with Crippen LogP contribution in [0, 0.1) is 0 Å². The van der Waals surface area contributed by atoms with Crippen molar-refractivity contribution in [1.29, 1.82) is 0 Å². The van der Waals surface area contributed by atoms with E-state index in [1.165, 1.54) is 0 Å². The van der Waals surface area contributed by atoms with Gasteiger partial charge in [-0.2, -0.15) is 4.52 Å². The molecule has 0 bridgehead atoms. The van der Waals surface area contributed by atoms with E-state index in [-0.39, 0.29) is 11.9 Å². The second-order valence-corrected chi connectivity index (χ2v) is 7.28. The lowest BCUT2D eigenvalue weighted by Crippen LogP contribution is -2.38. The van der Waals surface area contributed by atoms with Crippen LogP contribution in [0.2, 0.25) is 0 Å². The molecule has 1 N–H and O–H groups in total. The zero-order chi connectivity index (χ0) is 19.1. The number of nitrogens with zero attached hydrogens (tertiary/aromatic N) is 6. The minimum Gasteiger partial charge on any atom is -0.353 e. The Morgan fingerprint density at radius 1 is 1.25 bits per heavy atom. The zero-order valence-corrected chi connectivity index (χ0v) is 15.6. The molecule has 0 spiro atoms. The van der Waals surface area contributed by atoms with Gasteiger partial charge < -0.3 is 14.8 Å². The molecule has 1 amide bonds. The number of hydrogen-bond acceptors (Lipinski definition) is 5. The minimum atomic E-state index is 0.0606. The molecular formula is C20H21N7O. The fourth-order valence-corrected chi connectivity index (χ4v) is 3.99. The van der Waals surface area contributed by atoms with Crippen LogP contribution < -0.4 is 10.2 Å². The van der Waals surface area contributed by atoms with Crippen LogP contribution in [-0.4, -0.2) is 49.4 Å². The van der Waals surface area contributed by atoms with Crippen molar-refractivity contribution >= 4 is 28.3 Å². The molecule has 8 heteroatoms. The normalized spacial score (nSPS) is 16.9. The number of benzene rings is 1. The Balaban J connectivity index is 1.24. The Kier molecular flexibility index (Phi) is 3.96. The SMILES string of the molecule is Cn1cc(CC(=O)N[C@@H]2CCN(c3ccc4nncn4n3)C2)c2ccccc21. The number of carbonyl (C=O) groups is 1. The number of carbonyl (C=O) groups excluding carboxylic acids is 1. The molecule has 4 aromatic rings. The molecule has 142 valence electrons. The van der Waals surface area contributed by atoms with Crippen LogP contribution in [0.15, 0.2) is 48.9 Å². The highest BCUT2D eigenvalue weighted by Gasteiger charge is 2.25. The van der Waals surface area contributed by atoms with Gasteiger partial charge in [-0.25, -0.2) is 0 Å². The number of nitrogens with one attached hydrogen (secondary N) is 1. The van der Waals surface area contributed by atoms with Crippen LogP contribution in [0.3, 0.4) is 0 Å². The molecule has 1 atom stereocenters. The first-order chi connectivity index (χ1) is 13.7. The molecule has 1 aromatic carbocycles. The van der Waals surface area contributed by atoms with E-state index in [9.17, 15) is 4.79 Å². The van der Waals surface area contributed by atoms with Crippen LogP contribution in [0.4, 0.5) is 5.82 Å². The average molecular weight is 375 g/mol. The third-order valence-electron chi connectivity index (χ3n) is 5.36. The van der Waals surface area contributed by atoms with Crippen LogP contribution >= 0.6 is 0 Å². The van der Waals surface area contributed by atoms with Gasteiger partial charge in [-0.15, -0.1) is 15.3 Å². The second-order valence-electron chi connectivity index (χ2n) is 7.28. The molecule has 5 rings (SSSR count). The predicted octanol–water partition coefficient (Wildman–Crippen LogP) is 1.55. The van der Waals surface area contributed by atoms with Gasteiger partial charge in [0.15, 0.2) is 5.65 Å². The molecule has 0 aliphatic carbocycles. The highest BCUT2D eigenvalue weighted by molar-refractivity contribution is 5.89. The van der Waals surface area contributed by atoms with E-state index >= 15 is 0 Å². The Labute approximate surface area is 161 Å². The lowest BCUT2D eigenvalue weighted by Gasteiger charge is -2.17. The van der Waals surface area contributed by atoms with Crippen molar-refractivity contribution in [3.05, 3.63) is 54.5 Å². The standard InChI is InChI=1S/C20H21N7O/c1-25-11-14(16-4-2-3-5-17(16)25)10-20(28)22-15-8-9-26(12-15)19-7-6-18-23-21-13-27(18)24-19/h2-7,11,13,15H,8-10,12H2,1H3,(H,22,28)/t15-/m1/s1. The van der Waals surface area contributed by atoms with Crippen molar-refractivity contribution < 1.29 is 4.79 Å². The van der Waals surface area contributed by atoms with Gasteiger partial charge in [0.05, 0.1) is 6.42 Å². The summed E-state index contributed by atoms with van der Waals surface area (Å²) in [4.78, 5) is 14.8. The molecule has 0 saturated carbocycles. The third kappa shape index (κ3) is 2.96. The zero-order valence-electron chi connectivity index (χ0n) is 15.6. The van der Waals surface area contributed by atoms with Crippen LogP contribution in [0.5, 0.6) is 0 Å². The van der Waals surface area contributed by atoms with Gasteiger partial charge in [0, 0.05) is 43.3 Å². The first kappa shape index (κ1) is 16.7. The quantitative estimate of drug-likeness (QED) is 0.585. The summed E-state index contributed by atoms with van der Waals surface area (Å²) in [6.45, 7) is 1.61. The van der Waals surface area contributed by atoms with Crippen molar-refractivity contribution in [2.45, 2.75) is 18.9 Å². The number of amides is 1. The maximum atomic E-state index is 12.6. The monoisotopic (exact) mass is 375 g/mol. The Hall–Kier alpha value is -3.42. The van der Waals surface area contributed by atoms with Crippen molar-refractivity contribution in [2.75, 3.05) is 18.0 Å². The van der Waals surface area contributed by atoms with Gasteiger partial charge in [0.25, 0.3) is 0 Å². The highest BCUT2D eigenvalue weighted by Crippen LogP contribution is 2.21. The van der Waals surface area contributed by atoms with Crippen molar-refractivity contribution in [1.82, 2.24) is 29.7 Å². The number of para-hydroxylation sites is 1. The van der Waals surface area contributed by atoms with E-state index < -0.39 is 0 Å². The predicted molar refractivity (Wildman–Crippen MR) is 106 cm³/mol.